The summed E-state index contributed by atoms with van der Waals surface area (Å²) in [5.41, 5.74) is 6.01. The zero-order chi connectivity index (χ0) is 11.4. The summed E-state index contributed by atoms with van der Waals surface area (Å²) in [4.78, 5) is 0. The predicted octanol–water partition coefficient (Wildman–Crippen LogP) is 3.24. The van der Waals surface area contributed by atoms with Gasteiger partial charge in [-0.15, -0.1) is 0 Å². The van der Waals surface area contributed by atoms with E-state index in [-0.39, 0.29) is 5.60 Å². The molecule has 0 heterocycles. The average Bonchev–Trinajstić information content (AvgIpc) is 2.30. The Morgan fingerprint density at radius 1 is 1.12 bits per heavy atom. The van der Waals surface area contributed by atoms with Gasteiger partial charge in [0, 0.05) is 6.54 Å². The van der Waals surface area contributed by atoms with E-state index in [0.29, 0.717) is 6.10 Å². The average molecular weight is 225 g/mol. The fourth-order valence-corrected chi connectivity index (χ4v) is 3.41. The van der Waals surface area contributed by atoms with Crippen LogP contribution in [0.2, 0.25) is 0 Å². The SMILES string of the molecule is CC1CCCC(OC2(CN)CCCCC2)C1. The van der Waals surface area contributed by atoms with E-state index in [0.717, 1.165) is 12.5 Å². The van der Waals surface area contributed by atoms with Crippen molar-refractivity contribution in [2.24, 2.45) is 11.7 Å². The van der Waals surface area contributed by atoms with Crippen LogP contribution in [0.4, 0.5) is 0 Å². The zero-order valence-electron chi connectivity index (χ0n) is 10.7. The fourth-order valence-electron chi connectivity index (χ4n) is 3.41. The summed E-state index contributed by atoms with van der Waals surface area (Å²) in [6.07, 6.45) is 12.1. The molecule has 2 atom stereocenters. The van der Waals surface area contributed by atoms with Crippen LogP contribution in [0.25, 0.3) is 0 Å². The first-order chi connectivity index (χ1) is 7.74. The summed E-state index contributed by atoms with van der Waals surface area (Å²) in [5.74, 6) is 0.845. The van der Waals surface area contributed by atoms with Crippen LogP contribution in [0.5, 0.6) is 0 Å². The topological polar surface area (TPSA) is 35.2 Å². The van der Waals surface area contributed by atoms with E-state index in [1.807, 2.05) is 0 Å². The first-order valence-electron chi connectivity index (χ1n) is 7.12. The molecule has 2 aliphatic carbocycles. The van der Waals surface area contributed by atoms with Crippen molar-refractivity contribution in [3.05, 3.63) is 0 Å². The fraction of sp³-hybridized carbons (Fsp3) is 1.00. The van der Waals surface area contributed by atoms with Crippen molar-refractivity contribution in [2.75, 3.05) is 6.54 Å². The zero-order valence-corrected chi connectivity index (χ0v) is 10.7. The Balaban J connectivity index is 1.89. The Bertz CT molecular complexity index is 211. The molecular weight excluding hydrogens is 198 g/mol. The predicted molar refractivity (Wildman–Crippen MR) is 67.4 cm³/mol. The molecule has 2 aliphatic rings. The molecule has 0 amide bonds. The highest BCUT2D eigenvalue weighted by Gasteiger charge is 2.35. The van der Waals surface area contributed by atoms with E-state index < -0.39 is 0 Å². The maximum Gasteiger partial charge on any atom is 0.0807 e. The minimum Gasteiger partial charge on any atom is -0.370 e. The highest BCUT2D eigenvalue weighted by molar-refractivity contribution is 4.87. The molecule has 2 N–H and O–H groups in total. The lowest BCUT2D eigenvalue weighted by Crippen LogP contribution is -2.46. The quantitative estimate of drug-likeness (QED) is 0.800. The van der Waals surface area contributed by atoms with Gasteiger partial charge in [-0.3, -0.25) is 0 Å². The molecule has 2 fully saturated rings. The van der Waals surface area contributed by atoms with Gasteiger partial charge in [0.1, 0.15) is 0 Å². The van der Waals surface area contributed by atoms with Gasteiger partial charge < -0.3 is 10.5 Å². The molecule has 0 aromatic heterocycles. The maximum absolute atomic E-state index is 6.41. The van der Waals surface area contributed by atoms with Gasteiger partial charge in [-0.1, -0.05) is 39.0 Å². The van der Waals surface area contributed by atoms with E-state index >= 15 is 0 Å². The van der Waals surface area contributed by atoms with Crippen LogP contribution in [-0.4, -0.2) is 18.2 Å². The highest BCUT2D eigenvalue weighted by atomic mass is 16.5. The van der Waals surface area contributed by atoms with Crippen LogP contribution >= 0.6 is 0 Å². The van der Waals surface area contributed by atoms with E-state index in [9.17, 15) is 0 Å². The van der Waals surface area contributed by atoms with Crippen LogP contribution in [0.1, 0.15) is 64.7 Å². The molecule has 16 heavy (non-hydrogen) atoms. The summed E-state index contributed by atoms with van der Waals surface area (Å²) in [5, 5.41) is 0. The molecular formula is C14H27NO. The van der Waals surface area contributed by atoms with Crippen LogP contribution < -0.4 is 5.73 Å². The van der Waals surface area contributed by atoms with Gasteiger partial charge in [-0.05, 0) is 31.6 Å². The largest absolute Gasteiger partial charge is 0.370 e. The molecule has 2 nitrogen and oxygen atoms in total. The molecule has 2 heteroatoms. The minimum atomic E-state index is 0.0416. The third-order valence-electron chi connectivity index (χ3n) is 4.44. The molecule has 0 spiro atoms. The van der Waals surface area contributed by atoms with Crippen LogP contribution in [0.3, 0.4) is 0 Å². The molecule has 0 bridgehead atoms. The van der Waals surface area contributed by atoms with Crippen molar-refractivity contribution in [1.29, 1.82) is 0 Å². The number of hydrogen-bond donors (Lipinski definition) is 1. The number of ether oxygens (including phenoxy) is 1. The van der Waals surface area contributed by atoms with E-state index in [1.165, 1.54) is 57.8 Å². The third kappa shape index (κ3) is 2.98. The normalized spacial score (nSPS) is 34.9. The van der Waals surface area contributed by atoms with Crippen molar-refractivity contribution in [3.8, 4) is 0 Å². The van der Waals surface area contributed by atoms with E-state index in [2.05, 4.69) is 6.92 Å². The van der Waals surface area contributed by atoms with Crippen molar-refractivity contribution >= 4 is 0 Å². The molecule has 0 saturated heterocycles. The van der Waals surface area contributed by atoms with Crippen molar-refractivity contribution < 1.29 is 4.74 Å². The summed E-state index contributed by atoms with van der Waals surface area (Å²) in [6.45, 7) is 3.07. The standard InChI is InChI=1S/C14H27NO/c1-12-6-5-7-13(10-12)16-14(11-15)8-3-2-4-9-14/h12-13H,2-11,15H2,1H3. The monoisotopic (exact) mass is 225 g/mol. The summed E-state index contributed by atoms with van der Waals surface area (Å²) in [7, 11) is 0. The minimum absolute atomic E-state index is 0.0416. The molecule has 2 unspecified atom stereocenters. The summed E-state index contributed by atoms with van der Waals surface area (Å²) >= 11 is 0. The second kappa shape index (κ2) is 5.50. The molecule has 94 valence electrons. The molecule has 0 aromatic carbocycles. The number of hydrogen-bond acceptors (Lipinski definition) is 2. The molecule has 2 saturated carbocycles. The Morgan fingerprint density at radius 3 is 2.50 bits per heavy atom. The van der Waals surface area contributed by atoms with Gasteiger partial charge in [0.2, 0.25) is 0 Å². The second-order valence-corrected chi connectivity index (χ2v) is 5.96. The molecule has 2 rings (SSSR count). The number of nitrogens with two attached hydrogens (primary N) is 1. The molecule has 0 radical (unpaired) electrons. The summed E-state index contributed by atoms with van der Waals surface area (Å²) in [6, 6.07) is 0. The Kier molecular flexibility index (Phi) is 4.26. The maximum atomic E-state index is 6.41. The van der Waals surface area contributed by atoms with Gasteiger partial charge in [0.15, 0.2) is 0 Å². The molecule has 0 aliphatic heterocycles. The second-order valence-electron chi connectivity index (χ2n) is 5.96. The van der Waals surface area contributed by atoms with Crippen molar-refractivity contribution in [2.45, 2.75) is 76.4 Å². The van der Waals surface area contributed by atoms with Crippen LogP contribution in [-0.2, 0) is 4.74 Å². The third-order valence-corrected chi connectivity index (χ3v) is 4.44. The van der Waals surface area contributed by atoms with Gasteiger partial charge in [-0.25, -0.2) is 0 Å². The lowest BCUT2D eigenvalue weighted by atomic mass is 9.83. The Morgan fingerprint density at radius 2 is 1.88 bits per heavy atom. The van der Waals surface area contributed by atoms with Crippen molar-refractivity contribution in [3.63, 3.8) is 0 Å². The van der Waals surface area contributed by atoms with E-state index in [4.69, 9.17) is 10.5 Å². The summed E-state index contributed by atoms with van der Waals surface area (Å²) < 4.78 is 6.41. The Labute approximate surface area is 99.9 Å². The van der Waals surface area contributed by atoms with E-state index in [1.54, 1.807) is 0 Å². The lowest BCUT2D eigenvalue weighted by molar-refractivity contribution is -0.122. The number of rotatable bonds is 3. The van der Waals surface area contributed by atoms with Gasteiger partial charge in [-0.2, -0.15) is 0 Å². The highest BCUT2D eigenvalue weighted by Crippen LogP contribution is 2.35. The first kappa shape index (κ1) is 12.4. The Hall–Kier alpha value is -0.0800. The van der Waals surface area contributed by atoms with Crippen molar-refractivity contribution in [1.82, 2.24) is 0 Å². The lowest BCUT2D eigenvalue weighted by Gasteiger charge is -2.41. The van der Waals surface area contributed by atoms with Gasteiger partial charge in [0.25, 0.3) is 0 Å². The van der Waals surface area contributed by atoms with Gasteiger partial charge >= 0.3 is 0 Å². The van der Waals surface area contributed by atoms with Crippen LogP contribution in [0.15, 0.2) is 0 Å². The first-order valence-corrected chi connectivity index (χ1v) is 7.12. The smallest absolute Gasteiger partial charge is 0.0807 e. The molecule has 0 aromatic rings. The van der Waals surface area contributed by atoms with Gasteiger partial charge in [0.05, 0.1) is 11.7 Å². The van der Waals surface area contributed by atoms with Crippen LogP contribution in [0, 0.1) is 5.92 Å².